The topological polar surface area (TPSA) is 52.6 Å². The fourth-order valence-corrected chi connectivity index (χ4v) is 1.14. The zero-order valence-electron chi connectivity index (χ0n) is 8.42. The van der Waals surface area contributed by atoms with E-state index in [1.54, 1.807) is 13.8 Å². The maximum absolute atomic E-state index is 11.3. The lowest BCUT2D eigenvalue weighted by Crippen LogP contribution is -2.28. The molecule has 0 fully saturated rings. The van der Waals surface area contributed by atoms with Crippen molar-refractivity contribution in [3.05, 3.63) is 0 Å². The first kappa shape index (κ1) is 13.2. The minimum atomic E-state index is -0.882. The van der Waals surface area contributed by atoms with Gasteiger partial charge in [-0.2, -0.15) is 0 Å². The van der Waals surface area contributed by atoms with E-state index in [1.165, 1.54) is 0 Å². The lowest BCUT2D eigenvalue weighted by atomic mass is 10.1. The highest BCUT2D eigenvalue weighted by atomic mass is 35.5. The largest absolute Gasteiger partial charge is 0.465 e. The van der Waals surface area contributed by atoms with Crippen molar-refractivity contribution in [2.24, 2.45) is 5.92 Å². The Morgan fingerprint density at radius 2 is 1.57 bits per heavy atom. The van der Waals surface area contributed by atoms with Crippen molar-refractivity contribution in [3.63, 3.8) is 0 Å². The highest BCUT2D eigenvalue weighted by Gasteiger charge is 2.28. The third-order valence-corrected chi connectivity index (χ3v) is 1.76. The van der Waals surface area contributed by atoms with Gasteiger partial charge in [0.1, 0.15) is 0 Å². The number of carbonyl (C=O) groups is 2. The van der Waals surface area contributed by atoms with E-state index >= 15 is 0 Å². The molecule has 0 aromatic carbocycles. The Hall–Kier alpha value is -0.770. The number of esters is 2. The molecule has 14 heavy (non-hydrogen) atoms. The molecule has 0 amide bonds. The highest BCUT2D eigenvalue weighted by Crippen LogP contribution is 2.09. The van der Waals surface area contributed by atoms with Gasteiger partial charge in [-0.25, -0.2) is 0 Å². The smallest absolute Gasteiger partial charge is 0.320 e. The van der Waals surface area contributed by atoms with Gasteiger partial charge in [-0.15, -0.1) is 11.6 Å². The molecule has 5 heteroatoms. The number of alkyl halides is 1. The summed E-state index contributed by atoms with van der Waals surface area (Å²) in [5.74, 6) is -1.78. The summed E-state index contributed by atoms with van der Waals surface area (Å²) < 4.78 is 9.45. The van der Waals surface area contributed by atoms with Crippen LogP contribution in [0.25, 0.3) is 0 Å². The van der Waals surface area contributed by atoms with Gasteiger partial charge in [0.15, 0.2) is 5.92 Å². The minimum absolute atomic E-state index is 0.224. The Kier molecular flexibility index (Phi) is 7.20. The first-order valence-corrected chi connectivity index (χ1v) is 5.10. The van der Waals surface area contributed by atoms with Crippen LogP contribution in [0.4, 0.5) is 0 Å². The molecule has 0 atom stereocenters. The van der Waals surface area contributed by atoms with Crippen molar-refractivity contribution >= 4 is 23.5 Å². The minimum Gasteiger partial charge on any atom is -0.465 e. The SMILES string of the molecule is CCOC(=O)C(CCCl)C(=O)OCC. The Labute approximate surface area is 88.5 Å². The van der Waals surface area contributed by atoms with Gasteiger partial charge in [0, 0.05) is 5.88 Å². The summed E-state index contributed by atoms with van der Waals surface area (Å²) in [7, 11) is 0. The average Bonchev–Trinajstić information content (AvgIpc) is 2.14. The van der Waals surface area contributed by atoms with Crippen LogP contribution in [0.2, 0.25) is 0 Å². The van der Waals surface area contributed by atoms with Crippen LogP contribution in [-0.4, -0.2) is 31.0 Å². The fraction of sp³-hybridized carbons (Fsp3) is 0.778. The van der Waals surface area contributed by atoms with Crippen molar-refractivity contribution in [3.8, 4) is 0 Å². The van der Waals surface area contributed by atoms with Crippen LogP contribution >= 0.6 is 11.6 Å². The molecule has 0 aromatic rings. The van der Waals surface area contributed by atoms with E-state index < -0.39 is 17.9 Å². The van der Waals surface area contributed by atoms with Gasteiger partial charge in [0.2, 0.25) is 0 Å². The summed E-state index contributed by atoms with van der Waals surface area (Å²) in [4.78, 5) is 22.5. The zero-order chi connectivity index (χ0) is 11.0. The predicted octanol–water partition coefficient (Wildman–Crippen LogP) is 1.36. The number of carbonyl (C=O) groups excluding carboxylic acids is 2. The Morgan fingerprint density at radius 3 is 1.86 bits per heavy atom. The van der Waals surface area contributed by atoms with Crippen LogP contribution in [0.1, 0.15) is 20.3 Å². The van der Waals surface area contributed by atoms with E-state index in [4.69, 9.17) is 21.1 Å². The second kappa shape index (κ2) is 7.62. The molecular weight excluding hydrogens is 208 g/mol. The molecule has 0 aliphatic rings. The molecule has 4 nitrogen and oxygen atoms in total. The summed E-state index contributed by atoms with van der Waals surface area (Å²) in [5, 5.41) is 0. The van der Waals surface area contributed by atoms with Crippen molar-refractivity contribution < 1.29 is 19.1 Å². The normalized spacial score (nSPS) is 10.0. The van der Waals surface area contributed by atoms with Crippen molar-refractivity contribution in [2.45, 2.75) is 20.3 Å². The quantitative estimate of drug-likeness (QED) is 0.387. The molecule has 0 N–H and O–H groups in total. The molecular formula is C9H15ClO4. The van der Waals surface area contributed by atoms with E-state index in [1.807, 2.05) is 0 Å². The standard InChI is InChI=1S/C9H15ClO4/c1-3-13-8(11)7(5-6-10)9(12)14-4-2/h7H,3-6H2,1-2H3. The number of ether oxygens (including phenoxy) is 2. The molecule has 0 spiro atoms. The summed E-state index contributed by atoms with van der Waals surface area (Å²) in [6.07, 6.45) is 0.249. The molecule has 0 unspecified atom stereocenters. The van der Waals surface area contributed by atoms with Gasteiger partial charge >= 0.3 is 11.9 Å². The molecule has 0 radical (unpaired) electrons. The Morgan fingerprint density at radius 1 is 1.14 bits per heavy atom. The van der Waals surface area contributed by atoms with Crippen molar-refractivity contribution in [1.29, 1.82) is 0 Å². The first-order chi connectivity index (χ1) is 6.67. The second-order valence-electron chi connectivity index (χ2n) is 2.53. The molecule has 0 rings (SSSR count). The molecule has 0 aromatic heterocycles. The van der Waals surface area contributed by atoms with Crippen LogP contribution in [0.15, 0.2) is 0 Å². The maximum Gasteiger partial charge on any atom is 0.320 e. The van der Waals surface area contributed by atoms with Crippen LogP contribution < -0.4 is 0 Å². The number of hydrogen-bond acceptors (Lipinski definition) is 4. The van der Waals surface area contributed by atoms with Gasteiger partial charge in [-0.3, -0.25) is 9.59 Å². The lowest BCUT2D eigenvalue weighted by Gasteiger charge is -2.12. The molecule has 0 aliphatic carbocycles. The zero-order valence-corrected chi connectivity index (χ0v) is 9.17. The van der Waals surface area contributed by atoms with Crippen molar-refractivity contribution in [2.75, 3.05) is 19.1 Å². The van der Waals surface area contributed by atoms with Crippen LogP contribution in [-0.2, 0) is 19.1 Å². The van der Waals surface area contributed by atoms with Crippen LogP contribution in [0.3, 0.4) is 0 Å². The van der Waals surface area contributed by atoms with E-state index in [9.17, 15) is 9.59 Å². The van der Waals surface area contributed by atoms with Crippen LogP contribution in [0, 0.1) is 5.92 Å². The van der Waals surface area contributed by atoms with Crippen LogP contribution in [0.5, 0.6) is 0 Å². The predicted molar refractivity (Wildman–Crippen MR) is 52.1 cm³/mol. The first-order valence-electron chi connectivity index (χ1n) is 4.56. The maximum atomic E-state index is 11.3. The highest BCUT2D eigenvalue weighted by molar-refractivity contribution is 6.18. The number of rotatable bonds is 6. The molecule has 0 aliphatic heterocycles. The van der Waals surface area contributed by atoms with Gasteiger partial charge in [-0.05, 0) is 20.3 Å². The molecule has 0 heterocycles. The molecule has 0 saturated heterocycles. The third kappa shape index (κ3) is 4.46. The summed E-state index contributed by atoms with van der Waals surface area (Å²) in [6, 6.07) is 0. The molecule has 82 valence electrons. The van der Waals surface area contributed by atoms with Crippen molar-refractivity contribution in [1.82, 2.24) is 0 Å². The molecule has 0 bridgehead atoms. The van der Waals surface area contributed by atoms with E-state index in [0.717, 1.165) is 0 Å². The Bertz CT molecular complexity index is 175. The van der Waals surface area contributed by atoms with E-state index in [-0.39, 0.29) is 25.5 Å². The van der Waals surface area contributed by atoms with Gasteiger partial charge < -0.3 is 9.47 Å². The second-order valence-corrected chi connectivity index (χ2v) is 2.91. The fourth-order valence-electron chi connectivity index (χ4n) is 0.927. The average molecular weight is 223 g/mol. The monoisotopic (exact) mass is 222 g/mol. The van der Waals surface area contributed by atoms with E-state index in [0.29, 0.717) is 0 Å². The molecule has 0 saturated carbocycles. The van der Waals surface area contributed by atoms with E-state index in [2.05, 4.69) is 0 Å². The number of hydrogen-bond donors (Lipinski definition) is 0. The number of halogens is 1. The Balaban J connectivity index is 4.25. The van der Waals surface area contributed by atoms with Gasteiger partial charge in [-0.1, -0.05) is 0 Å². The van der Waals surface area contributed by atoms with Gasteiger partial charge in [0.25, 0.3) is 0 Å². The third-order valence-electron chi connectivity index (χ3n) is 1.54. The summed E-state index contributed by atoms with van der Waals surface area (Å²) in [6.45, 7) is 3.86. The van der Waals surface area contributed by atoms with Gasteiger partial charge in [0.05, 0.1) is 13.2 Å². The summed E-state index contributed by atoms with van der Waals surface area (Å²) >= 11 is 5.47. The lowest BCUT2D eigenvalue weighted by molar-refractivity contribution is -0.161. The summed E-state index contributed by atoms with van der Waals surface area (Å²) in [5.41, 5.74) is 0.